The standard InChI is InChI=1S/C24H21ClN4O3S/c25-17-5-7-18(8-6-17)26-24-27-23(31)21(33-24)13-16-14-29(20-4-2-1-3-19(16)20)15-22(30)28-9-11-32-12-10-28/h1-8,13-14H,9-12,15H2,(H,26,27,31)/b21-13-. The lowest BCUT2D eigenvalue weighted by molar-refractivity contribution is -0.135. The Kier molecular flexibility index (Phi) is 6.22. The van der Waals surface area contributed by atoms with Gasteiger partial charge in [-0.3, -0.25) is 9.59 Å². The van der Waals surface area contributed by atoms with Crippen molar-refractivity contribution >= 4 is 63.0 Å². The average Bonchev–Trinajstić information content (AvgIpc) is 3.35. The highest BCUT2D eigenvalue weighted by atomic mass is 35.5. The minimum Gasteiger partial charge on any atom is -0.378 e. The van der Waals surface area contributed by atoms with Crippen LogP contribution in [0.3, 0.4) is 0 Å². The van der Waals surface area contributed by atoms with Crippen molar-refractivity contribution < 1.29 is 14.3 Å². The van der Waals surface area contributed by atoms with Crippen LogP contribution in [-0.2, 0) is 20.9 Å². The van der Waals surface area contributed by atoms with Gasteiger partial charge in [-0.1, -0.05) is 29.8 Å². The molecule has 0 spiro atoms. The van der Waals surface area contributed by atoms with Crippen LogP contribution in [-0.4, -0.2) is 52.8 Å². The molecule has 3 heterocycles. The van der Waals surface area contributed by atoms with Crippen LogP contribution in [0.15, 0.2) is 64.6 Å². The number of aromatic nitrogens is 1. The molecule has 0 aliphatic carbocycles. The molecule has 7 nitrogen and oxygen atoms in total. The second-order valence-electron chi connectivity index (χ2n) is 7.68. The van der Waals surface area contributed by atoms with Gasteiger partial charge in [0.05, 0.1) is 23.8 Å². The first-order valence-corrected chi connectivity index (χ1v) is 11.7. The van der Waals surface area contributed by atoms with Gasteiger partial charge in [-0.2, -0.15) is 0 Å². The molecule has 0 radical (unpaired) electrons. The Bertz CT molecular complexity index is 1280. The van der Waals surface area contributed by atoms with Gasteiger partial charge < -0.3 is 19.5 Å². The summed E-state index contributed by atoms with van der Waals surface area (Å²) in [5.74, 6) is -0.141. The molecule has 2 aliphatic heterocycles. The van der Waals surface area contributed by atoms with Crippen molar-refractivity contribution in [2.45, 2.75) is 6.54 Å². The Morgan fingerprint density at radius 1 is 1.15 bits per heavy atom. The summed E-state index contributed by atoms with van der Waals surface area (Å²) in [4.78, 5) is 32.2. The van der Waals surface area contributed by atoms with Crippen molar-refractivity contribution in [3.8, 4) is 0 Å². The van der Waals surface area contributed by atoms with Gasteiger partial charge in [0.15, 0.2) is 5.17 Å². The van der Waals surface area contributed by atoms with Gasteiger partial charge in [-0.05, 0) is 48.2 Å². The molecule has 5 rings (SSSR count). The Labute approximate surface area is 200 Å². The number of thioether (sulfide) groups is 1. The first-order chi connectivity index (χ1) is 16.1. The lowest BCUT2D eigenvalue weighted by Crippen LogP contribution is -2.42. The minimum absolute atomic E-state index is 0.0589. The summed E-state index contributed by atoms with van der Waals surface area (Å²) in [6.07, 6.45) is 3.78. The molecular formula is C24H21ClN4O3S. The summed E-state index contributed by atoms with van der Waals surface area (Å²) in [5, 5.41) is 4.94. The zero-order valence-corrected chi connectivity index (χ0v) is 19.2. The number of aliphatic imine (C=N–C) groups is 1. The fourth-order valence-corrected chi connectivity index (χ4v) is 4.79. The van der Waals surface area contributed by atoms with Crippen LogP contribution < -0.4 is 5.32 Å². The van der Waals surface area contributed by atoms with Crippen molar-refractivity contribution in [1.29, 1.82) is 0 Å². The fourth-order valence-electron chi connectivity index (χ4n) is 3.83. The molecule has 2 aromatic carbocycles. The van der Waals surface area contributed by atoms with Crippen LogP contribution in [0.4, 0.5) is 5.69 Å². The number of carbonyl (C=O) groups excluding carboxylic acids is 2. The monoisotopic (exact) mass is 480 g/mol. The van der Waals surface area contributed by atoms with E-state index in [0.717, 1.165) is 16.5 Å². The number of hydrogen-bond donors (Lipinski definition) is 1. The lowest BCUT2D eigenvalue weighted by Gasteiger charge is -2.27. The first kappa shape index (κ1) is 21.8. The predicted molar refractivity (Wildman–Crippen MR) is 132 cm³/mol. The second-order valence-corrected chi connectivity index (χ2v) is 9.15. The van der Waals surface area contributed by atoms with E-state index < -0.39 is 0 Å². The fraction of sp³-hybridized carbons (Fsp3) is 0.208. The molecule has 0 atom stereocenters. The highest BCUT2D eigenvalue weighted by molar-refractivity contribution is 8.18. The third kappa shape index (κ3) is 4.83. The predicted octanol–water partition coefficient (Wildman–Crippen LogP) is 4.05. The molecule has 2 saturated heterocycles. The van der Waals surface area contributed by atoms with E-state index in [0.29, 0.717) is 47.1 Å². The van der Waals surface area contributed by atoms with Gasteiger partial charge in [-0.25, -0.2) is 4.99 Å². The number of fused-ring (bicyclic) bond motifs is 1. The number of nitrogens with zero attached hydrogens (tertiary/aromatic N) is 3. The quantitative estimate of drug-likeness (QED) is 0.572. The maximum Gasteiger partial charge on any atom is 0.264 e. The number of halogens is 1. The molecule has 0 saturated carbocycles. The lowest BCUT2D eigenvalue weighted by atomic mass is 10.1. The first-order valence-electron chi connectivity index (χ1n) is 10.6. The smallest absolute Gasteiger partial charge is 0.264 e. The Balaban J connectivity index is 1.41. The molecule has 0 unspecified atom stereocenters. The van der Waals surface area contributed by atoms with Crippen LogP contribution >= 0.6 is 23.4 Å². The topological polar surface area (TPSA) is 75.9 Å². The number of nitrogens with one attached hydrogen (secondary N) is 1. The van der Waals surface area contributed by atoms with Crippen LogP contribution in [0, 0.1) is 0 Å². The van der Waals surface area contributed by atoms with E-state index in [-0.39, 0.29) is 18.4 Å². The average molecular weight is 481 g/mol. The Hall–Kier alpha value is -3.07. The van der Waals surface area contributed by atoms with Gasteiger partial charge >= 0.3 is 0 Å². The summed E-state index contributed by atoms with van der Waals surface area (Å²) in [5.41, 5.74) is 2.54. The van der Waals surface area contributed by atoms with Crippen molar-refractivity contribution in [1.82, 2.24) is 14.8 Å². The number of carbonyl (C=O) groups is 2. The van der Waals surface area contributed by atoms with E-state index in [9.17, 15) is 9.59 Å². The molecule has 0 bridgehead atoms. The number of para-hydroxylation sites is 1. The molecule has 1 aromatic heterocycles. The zero-order chi connectivity index (χ0) is 22.8. The van der Waals surface area contributed by atoms with Crippen LogP contribution in [0.25, 0.3) is 17.0 Å². The van der Waals surface area contributed by atoms with Crippen molar-refractivity contribution in [2.75, 3.05) is 26.3 Å². The SMILES string of the molecule is O=C1NC(=Nc2ccc(Cl)cc2)S/C1=C\c1cn(CC(=O)N2CCOCC2)c2ccccc12. The Morgan fingerprint density at radius 2 is 1.91 bits per heavy atom. The van der Waals surface area contributed by atoms with Crippen LogP contribution in [0.1, 0.15) is 5.56 Å². The molecule has 168 valence electrons. The largest absolute Gasteiger partial charge is 0.378 e. The van der Waals surface area contributed by atoms with Crippen molar-refractivity contribution in [2.24, 2.45) is 4.99 Å². The third-order valence-electron chi connectivity index (χ3n) is 5.48. The number of ether oxygens (including phenoxy) is 1. The van der Waals surface area contributed by atoms with E-state index in [1.165, 1.54) is 11.8 Å². The summed E-state index contributed by atoms with van der Waals surface area (Å²) in [7, 11) is 0. The molecule has 2 aliphatic rings. The third-order valence-corrected chi connectivity index (χ3v) is 6.65. The van der Waals surface area contributed by atoms with Gasteiger partial charge in [0, 0.05) is 40.8 Å². The van der Waals surface area contributed by atoms with Gasteiger partial charge in [0.25, 0.3) is 5.91 Å². The van der Waals surface area contributed by atoms with Gasteiger partial charge in [0.1, 0.15) is 6.54 Å². The minimum atomic E-state index is -0.200. The molecule has 2 fully saturated rings. The van der Waals surface area contributed by atoms with Crippen LogP contribution in [0.2, 0.25) is 5.02 Å². The summed E-state index contributed by atoms with van der Waals surface area (Å²) < 4.78 is 7.29. The van der Waals surface area contributed by atoms with Crippen molar-refractivity contribution in [3.05, 3.63) is 70.2 Å². The number of hydrogen-bond acceptors (Lipinski definition) is 5. The zero-order valence-electron chi connectivity index (χ0n) is 17.7. The number of amidine groups is 1. The molecule has 9 heteroatoms. The van der Waals surface area contributed by atoms with E-state index in [1.54, 1.807) is 24.3 Å². The van der Waals surface area contributed by atoms with E-state index in [1.807, 2.05) is 46.0 Å². The highest BCUT2D eigenvalue weighted by Crippen LogP contribution is 2.31. The highest BCUT2D eigenvalue weighted by Gasteiger charge is 2.25. The summed E-state index contributed by atoms with van der Waals surface area (Å²) in [6, 6.07) is 15.0. The number of morpholine rings is 1. The molecule has 33 heavy (non-hydrogen) atoms. The van der Waals surface area contributed by atoms with Gasteiger partial charge in [-0.15, -0.1) is 0 Å². The van der Waals surface area contributed by atoms with Crippen LogP contribution in [0.5, 0.6) is 0 Å². The molecular weight excluding hydrogens is 460 g/mol. The normalized spacial score (nSPS) is 18.9. The maximum absolute atomic E-state index is 12.8. The maximum atomic E-state index is 12.8. The molecule has 1 N–H and O–H groups in total. The Morgan fingerprint density at radius 3 is 2.70 bits per heavy atom. The summed E-state index contributed by atoms with van der Waals surface area (Å²) in [6.45, 7) is 2.61. The molecule has 3 aromatic rings. The van der Waals surface area contributed by atoms with Crippen molar-refractivity contribution in [3.63, 3.8) is 0 Å². The van der Waals surface area contributed by atoms with E-state index in [2.05, 4.69) is 10.3 Å². The molecule has 2 amide bonds. The number of amides is 2. The van der Waals surface area contributed by atoms with Gasteiger partial charge in [0.2, 0.25) is 5.91 Å². The second kappa shape index (κ2) is 9.43. The van der Waals surface area contributed by atoms with E-state index in [4.69, 9.17) is 16.3 Å². The number of rotatable bonds is 4. The van der Waals surface area contributed by atoms with E-state index >= 15 is 0 Å². The number of benzene rings is 2. The summed E-state index contributed by atoms with van der Waals surface area (Å²) >= 11 is 7.21.